The Labute approximate surface area is 147 Å². The molecule has 126 valence electrons. The topological polar surface area (TPSA) is 66.9 Å². The highest BCUT2D eigenvalue weighted by Crippen LogP contribution is 2.19. The molecule has 0 spiro atoms. The van der Waals surface area contributed by atoms with Crippen molar-refractivity contribution in [3.63, 3.8) is 0 Å². The van der Waals surface area contributed by atoms with Crippen LogP contribution in [0.3, 0.4) is 0 Å². The lowest BCUT2D eigenvalue weighted by Gasteiger charge is -2.10. The van der Waals surface area contributed by atoms with E-state index < -0.39 is 0 Å². The number of nitrogens with one attached hydrogen (secondary N) is 2. The zero-order chi connectivity index (χ0) is 17.8. The lowest BCUT2D eigenvalue weighted by molar-refractivity contribution is 0.102. The Morgan fingerprint density at radius 1 is 0.840 bits per heavy atom. The van der Waals surface area contributed by atoms with Crippen molar-refractivity contribution in [3.05, 3.63) is 77.2 Å². The van der Waals surface area contributed by atoms with E-state index >= 15 is 0 Å². The number of aryl methyl sites for hydroxylation is 3. The Morgan fingerprint density at radius 2 is 1.60 bits per heavy atom. The number of hydrogen-bond acceptors (Lipinski definition) is 4. The van der Waals surface area contributed by atoms with Gasteiger partial charge in [0.15, 0.2) is 0 Å². The minimum Gasteiger partial charge on any atom is -0.340 e. The number of amides is 1. The molecule has 0 saturated heterocycles. The van der Waals surface area contributed by atoms with Crippen LogP contribution in [0.25, 0.3) is 0 Å². The second-order valence-corrected chi connectivity index (χ2v) is 5.93. The molecular formula is C20H20N4O. The molecule has 0 unspecified atom stereocenters. The monoisotopic (exact) mass is 332 g/mol. The van der Waals surface area contributed by atoms with Gasteiger partial charge >= 0.3 is 0 Å². The standard InChI is InChI=1S/C20H20N4O/c1-13-9-10-17(11-14(13)2)23-19-12-18(21-15(3)22-19)20(25)24-16-7-5-4-6-8-16/h4-12H,1-3H3,(H,24,25)(H,21,22,23). The van der Waals surface area contributed by atoms with Crippen molar-refractivity contribution >= 4 is 23.1 Å². The number of para-hydroxylation sites is 1. The first kappa shape index (κ1) is 16.6. The molecule has 0 aliphatic rings. The summed E-state index contributed by atoms with van der Waals surface area (Å²) in [6, 6.07) is 17.0. The van der Waals surface area contributed by atoms with Crippen LogP contribution in [-0.2, 0) is 0 Å². The number of hydrogen-bond donors (Lipinski definition) is 2. The van der Waals surface area contributed by atoms with Crippen molar-refractivity contribution < 1.29 is 4.79 Å². The van der Waals surface area contributed by atoms with E-state index in [4.69, 9.17) is 0 Å². The third-order valence-electron chi connectivity index (χ3n) is 3.88. The molecule has 1 aromatic heterocycles. The van der Waals surface area contributed by atoms with Crippen LogP contribution in [0, 0.1) is 20.8 Å². The second-order valence-electron chi connectivity index (χ2n) is 5.93. The van der Waals surface area contributed by atoms with E-state index in [9.17, 15) is 4.79 Å². The molecular weight excluding hydrogens is 312 g/mol. The molecule has 0 bridgehead atoms. The number of anilines is 3. The van der Waals surface area contributed by atoms with Crippen LogP contribution in [-0.4, -0.2) is 15.9 Å². The van der Waals surface area contributed by atoms with Gasteiger partial charge in [-0.2, -0.15) is 0 Å². The molecule has 0 atom stereocenters. The summed E-state index contributed by atoms with van der Waals surface area (Å²) in [5.74, 6) is 0.862. The van der Waals surface area contributed by atoms with E-state index in [1.807, 2.05) is 36.4 Å². The maximum atomic E-state index is 12.4. The predicted molar refractivity (Wildman–Crippen MR) is 100 cm³/mol. The first-order chi connectivity index (χ1) is 12.0. The fraction of sp³-hybridized carbons (Fsp3) is 0.150. The molecule has 0 radical (unpaired) electrons. The number of nitrogens with zero attached hydrogens (tertiary/aromatic N) is 2. The van der Waals surface area contributed by atoms with Crippen LogP contribution >= 0.6 is 0 Å². The van der Waals surface area contributed by atoms with Gasteiger partial charge in [0.1, 0.15) is 17.3 Å². The normalized spacial score (nSPS) is 10.4. The fourth-order valence-electron chi connectivity index (χ4n) is 2.43. The van der Waals surface area contributed by atoms with Crippen molar-refractivity contribution in [2.75, 3.05) is 10.6 Å². The lowest BCUT2D eigenvalue weighted by Crippen LogP contribution is -2.15. The molecule has 5 heteroatoms. The van der Waals surface area contributed by atoms with Crippen molar-refractivity contribution in [3.8, 4) is 0 Å². The lowest BCUT2D eigenvalue weighted by atomic mass is 10.1. The number of benzene rings is 2. The van der Waals surface area contributed by atoms with E-state index in [2.05, 4.69) is 46.6 Å². The maximum absolute atomic E-state index is 12.4. The van der Waals surface area contributed by atoms with E-state index in [-0.39, 0.29) is 5.91 Å². The summed E-state index contributed by atoms with van der Waals surface area (Å²) in [6.45, 7) is 5.90. The largest absolute Gasteiger partial charge is 0.340 e. The van der Waals surface area contributed by atoms with Crippen LogP contribution in [0.2, 0.25) is 0 Å². The van der Waals surface area contributed by atoms with Crippen LogP contribution in [0.1, 0.15) is 27.4 Å². The SMILES string of the molecule is Cc1nc(Nc2ccc(C)c(C)c2)cc(C(=O)Nc2ccccc2)n1. The first-order valence-electron chi connectivity index (χ1n) is 8.07. The van der Waals surface area contributed by atoms with Gasteiger partial charge in [0, 0.05) is 17.4 Å². The second kappa shape index (κ2) is 7.13. The fourth-order valence-corrected chi connectivity index (χ4v) is 2.43. The summed E-state index contributed by atoms with van der Waals surface area (Å²) >= 11 is 0. The minimum atomic E-state index is -0.264. The summed E-state index contributed by atoms with van der Waals surface area (Å²) in [6.07, 6.45) is 0. The van der Waals surface area contributed by atoms with E-state index in [0.29, 0.717) is 17.3 Å². The highest BCUT2D eigenvalue weighted by atomic mass is 16.1. The third-order valence-corrected chi connectivity index (χ3v) is 3.88. The van der Waals surface area contributed by atoms with Gasteiger partial charge in [-0.1, -0.05) is 24.3 Å². The average molecular weight is 332 g/mol. The van der Waals surface area contributed by atoms with E-state index in [0.717, 1.165) is 11.4 Å². The number of carbonyl (C=O) groups is 1. The maximum Gasteiger partial charge on any atom is 0.274 e. The van der Waals surface area contributed by atoms with Gasteiger partial charge in [-0.15, -0.1) is 0 Å². The molecule has 2 aromatic carbocycles. The molecule has 25 heavy (non-hydrogen) atoms. The van der Waals surface area contributed by atoms with Gasteiger partial charge in [0.2, 0.25) is 0 Å². The summed E-state index contributed by atoms with van der Waals surface area (Å²) in [4.78, 5) is 21.0. The first-order valence-corrected chi connectivity index (χ1v) is 8.07. The van der Waals surface area contributed by atoms with Crippen LogP contribution in [0.4, 0.5) is 17.2 Å². The smallest absolute Gasteiger partial charge is 0.274 e. The summed E-state index contributed by atoms with van der Waals surface area (Å²) in [5, 5.41) is 6.08. The summed E-state index contributed by atoms with van der Waals surface area (Å²) < 4.78 is 0. The number of carbonyl (C=O) groups excluding carboxylic acids is 1. The van der Waals surface area contributed by atoms with Gasteiger partial charge in [-0.05, 0) is 56.2 Å². The van der Waals surface area contributed by atoms with Gasteiger partial charge in [-0.3, -0.25) is 4.79 Å². The van der Waals surface area contributed by atoms with Gasteiger partial charge < -0.3 is 10.6 Å². The summed E-state index contributed by atoms with van der Waals surface area (Å²) in [5.41, 5.74) is 4.40. The summed E-state index contributed by atoms with van der Waals surface area (Å²) in [7, 11) is 0. The Kier molecular flexibility index (Phi) is 4.75. The molecule has 3 rings (SSSR count). The van der Waals surface area contributed by atoms with Gasteiger partial charge in [0.05, 0.1) is 0 Å². The molecule has 0 fully saturated rings. The Hall–Kier alpha value is -3.21. The van der Waals surface area contributed by atoms with Gasteiger partial charge in [-0.25, -0.2) is 9.97 Å². The van der Waals surface area contributed by atoms with Crippen molar-refractivity contribution in [2.24, 2.45) is 0 Å². The van der Waals surface area contributed by atoms with Crippen LogP contribution in [0.5, 0.6) is 0 Å². The zero-order valence-electron chi connectivity index (χ0n) is 14.5. The van der Waals surface area contributed by atoms with Crippen LogP contribution in [0.15, 0.2) is 54.6 Å². The third kappa shape index (κ3) is 4.20. The molecule has 3 aromatic rings. The highest BCUT2D eigenvalue weighted by molar-refractivity contribution is 6.03. The Morgan fingerprint density at radius 3 is 2.32 bits per heavy atom. The molecule has 2 N–H and O–H groups in total. The van der Waals surface area contributed by atoms with Crippen molar-refractivity contribution in [1.82, 2.24) is 9.97 Å². The molecule has 0 aliphatic heterocycles. The van der Waals surface area contributed by atoms with Crippen LogP contribution < -0.4 is 10.6 Å². The predicted octanol–water partition coefficient (Wildman–Crippen LogP) is 4.40. The molecule has 1 amide bonds. The van der Waals surface area contributed by atoms with Gasteiger partial charge in [0.25, 0.3) is 5.91 Å². The number of aromatic nitrogens is 2. The average Bonchev–Trinajstić information content (AvgIpc) is 2.58. The molecule has 0 saturated carbocycles. The molecule has 1 heterocycles. The Balaban J connectivity index is 1.82. The number of rotatable bonds is 4. The van der Waals surface area contributed by atoms with E-state index in [1.165, 1.54) is 11.1 Å². The molecule has 5 nitrogen and oxygen atoms in total. The van der Waals surface area contributed by atoms with E-state index in [1.54, 1.807) is 13.0 Å². The molecule has 0 aliphatic carbocycles. The van der Waals surface area contributed by atoms with Crippen molar-refractivity contribution in [2.45, 2.75) is 20.8 Å². The Bertz CT molecular complexity index is 907. The zero-order valence-corrected chi connectivity index (χ0v) is 14.5. The highest BCUT2D eigenvalue weighted by Gasteiger charge is 2.11. The quantitative estimate of drug-likeness (QED) is 0.743. The van der Waals surface area contributed by atoms with Crippen molar-refractivity contribution in [1.29, 1.82) is 0 Å². The minimum absolute atomic E-state index is 0.264.